The maximum Gasteiger partial charge on any atom is 0.168 e. The second-order valence-corrected chi connectivity index (χ2v) is 4.53. The van der Waals surface area contributed by atoms with Gasteiger partial charge in [0.2, 0.25) is 0 Å². The Morgan fingerprint density at radius 3 is 2.41 bits per heavy atom. The van der Waals surface area contributed by atoms with Gasteiger partial charge in [0.1, 0.15) is 5.82 Å². The summed E-state index contributed by atoms with van der Waals surface area (Å²) in [5, 5.41) is 0. The third-order valence-electron chi connectivity index (χ3n) is 2.48. The van der Waals surface area contributed by atoms with Gasteiger partial charge in [0.25, 0.3) is 0 Å². The van der Waals surface area contributed by atoms with Crippen LogP contribution >= 0.6 is 15.9 Å². The van der Waals surface area contributed by atoms with Crippen LogP contribution in [0.2, 0.25) is 0 Å². The van der Waals surface area contributed by atoms with E-state index in [9.17, 15) is 9.18 Å². The number of ketones is 1. The average molecular weight is 293 g/mol. The fourth-order valence-electron chi connectivity index (χ4n) is 1.60. The molecule has 0 bridgehead atoms. The molecule has 0 aromatic heterocycles. The second-order valence-electron chi connectivity index (χ2n) is 3.67. The highest BCUT2D eigenvalue weighted by atomic mass is 79.9. The standard InChI is InChI=1S/C14H10BrFO/c15-12-7-3-2-6-11(12)14(17)9-10-5-1-4-8-13(10)16/h1-8H,9H2. The number of carbonyl (C=O) groups excluding carboxylic acids is 1. The van der Waals surface area contributed by atoms with Crippen molar-refractivity contribution < 1.29 is 9.18 Å². The summed E-state index contributed by atoms with van der Waals surface area (Å²) in [5.41, 5.74) is 1.00. The quantitative estimate of drug-likeness (QED) is 0.781. The van der Waals surface area contributed by atoms with E-state index in [0.29, 0.717) is 11.1 Å². The van der Waals surface area contributed by atoms with E-state index < -0.39 is 0 Å². The molecular weight excluding hydrogens is 283 g/mol. The van der Waals surface area contributed by atoms with Crippen molar-refractivity contribution in [2.75, 3.05) is 0 Å². The van der Waals surface area contributed by atoms with Crippen molar-refractivity contribution in [2.45, 2.75) is 6.42 Å². The molecule has 1 nitrogen and oxygen atoms in total. The lowest BCUT2D eigenvalue weighted by atomic mass is 10.0. The summed E-state index contributed by atoms with van der Waals surface area (Å²) in [6, 6.07) is 13.5. The van der Waals surface area contributed by atoms with Crippen molar-refractivity contribution in [3.05, 3.63) is 69.9 Å². The fourth-order valence-corrected chi connectivity index (χ4v) is 2.10. The van der Waals surface area contributed by atoms with Crippen LogP contribution in [0.1, 0.15) is 15.9 Å². The first-order valence-electron chi connectivity index (χ1n) is 5.19. The van der Waals surface area contributed by atoms with E-state index in [0.717, 1.165) is 4.47 Å². The van der Waals surface area contributed by atoms with Gasteiger partial charge in [0, 0.05) is 16.5 Å². The Morgan fingerprint density at radius 2 is 1.71 bits per heavy atom. The Hall–Kier alpha value is -1.48. The number of halogens is 2. The Balaban J connectivity index is 2.24. The van der Waals surface area contributed by atoms with Crippen molar-refractivity contribution >= 4 is 21.7 Å². The summed E-state index contributed by atoms with van der Waals surface area (Å²) in [4.78, 5) is 12.0. The number of Topliss-reactive ketones (excluding diaryl/α,β-unsaturated/α-hetero) is 1. The SMILES string of the molecule is O=C(Cc1ccccc1F)c1ccccc1Br. The van der Waals surface area contributed by atoms with E-state index in [-0.39, 0.29) is 18.0 Å². The zero-order valence-corrected chi connectivity index (χ0v) is 10.6. The topological polar surface area (TPSA) is 17.1 Å². The summed E-state index contributed by atoms with van der Waals surface area (Å²) in [6.07, 6.45) is 0.0787. The molecule has 0 heterocycles. The normalized spacial score (nSPS) is 10.2. The molecule has 3 heteroatoms. The molecular formula is C14H10BrFO. The van der Waals surface area contributed by atoms with Crippen molar-refractivity contribution in [1.29, 1.82) is 0 Å². The van der Waals surface area contributed by atoms with E-state index in [1.54, 1.807) is 36.4 Å². The van der Waals surface area contributed by atoms with Crippen molar-refractivity contribution in [1.82, 2.24) is 0 Å². The van der Waals surface area contributed by atoms with Crippen molar-refractivity contribution in [3.8, 4) is 0 Å². The van der Waals surface area contributed by atoms with Crippen LogP contribution in [0.15, 0.2) is 53.0 Å². The number of carbonyl (C=O) groups is 1. The van der Waals surface area contributed by atoms with Gasteiger partial charge in [-0.05, 0) is 17.7 Å². The van der Waals surface area contributed by atoms with Gasteiger partial charge in [-0.15, -0.1) is 0 Å². The Morgan fingerprint density at radius 1 is 1.06 bits per heavy atom. The third kappa shape index (κ3) is 2.80. The van der Waals surface area contributed by atoms with Crippen LogP contribution in [0.4, 0.5) is 4.39 Å². The number of hydrogen-bond donors (Lipinski definition) is 0. The van der Waals surface area contributed by atoms with Crippen LogP contribution in [-0.2, 0) is 6.42 Å². The molecule has 0 saturated carbocycles. The van der Waals surface area contributed by atoms with Gasteiger partial charge >= 0.3 is 0 Å². The van der Waals surface area contributed by atoms with Crippen molar-refractivity contribution in [2.24, 2.45) is 0 Å². The van der Waals surface area contributed by atoms with Gasteiger partial charge in [-0.3, -0.25) is 4.79 Å². The molecule has 2 rings (SSSR count). The highest BCUT2D eigenvalue weighted by Crippen LogP contribution is 2.18. The molecule has 0 aliphatic rings. The molecule has 0 aliphatic carbocycles. The van der Waals surface area contributed by atoms with Gasteiger partial charge < -0.3 is 0 Å². The average Bonchev–Trinajstić information content (AvgIpc) is 2.32. The van der Waals surface area contributed by atoms with E-state index in [1.165, 1.54) is 6.07 Å². The second kappa shape index (κ2) is 5.23. The molecule has 0 spiro atoms. The maximum atomic E-state index is 13.4. The Labute approximate surface area is 107 Å². The molecule has 0 amide bonds. The minimum atomic E-state index is -0.340. The highest BCUT2D eigenvalue weighted by Gasteiger charge is 2.12. The molecule has 0 fully saturated rings. The lowest BCUT2D eigenvalue weighted by Crippen LogP contribution is -2.05. The van der Waals surface area contributed by atoms with E-state index in [4.69, 9.17) is 0 Å². The fraction of sp³-hybridized carbons (Fsp3) is 0.0714. The van der Waals surface area contributed by atoms with Crippen LogP contribution in [-0.4, -0.2) is 5.78 Å². The Kier molecular flexibility index (Phi) is 3.69. The summed E-state index contributed by atoms with van der Waals surface area (Å²) in [6.45, 7) is 0. The van der Waals surface area contributed by atoms with Gasteiger partial charge in [0.05, 0.1) is 0 Å². The first-order chi connectivity index (χ1) is 8.18. The predicted octanol–water partition coefficient (Wildman–Crippen LogP) is 4.01. The summed E-state index contributed by atoms with van der Waals surface area (Å²) < 4.78 is 14.1. The van der Waals surface area contributed by atoms with Crippen LogP contribution in [0.25, 0.3) is 0 Å². The van der Waals surface area contributed by atoms with Gasteiger partial charge in [-0.2, -0.15) is 0 Å². The summed E-state index contributed by atoms with van der Waals surface area (Å²) in [7, 11) is 0. The molecule has 2 aromatic carbocycles. The van der Waals surface area contributed by atoms with Crippen LogP contribution in [0.5, 0.6) is 0 Å². The largest absolute Gasteiger partial charge is 0.294 e. The lowest BCUT2D eigenvalue weighted by molar-refractivity contribution is 0.0991. The number of rotatable bonds is 3. The van der Waals surface area contributed by atoms with Crippen molar-refractivity contribution in [3.63, 3.8) is 0 Å². The van der Waals surface area contributed by atoms with Crippen LogP contribution in [0, 0.1) is 5.82 Å². The minimum absolute atomic E-state index is 0.0787. The highest BCUT2D eigenvalue weighted by molar-refractivity contribution is 9.10. The lowest BCUT2D eigenvalue weighted by Gasteiger charge is -2.04. The number of hydrogen-bond acceptors (Lipinski definition) is 1. The molecule has 0 aliphatic heterocycles. The molecule has 0 unspecified atom stereocenters. The minimum Gasteiger partial charge on any atom is -0.294 e. The molecule has 0 N–H and O–H groups in total. The van der Waals surface area contributed by atoms with Crippen LogP contribution in [0.3, 0.4) is 0 Å². The molecule has 0 radical (unpaired) electrons. The first kappa shape index (κ1) is 12.0. The number of benzene rings is 2. The molecule has 86 valence electrons. The Bertz CT molecular complexity index is 551. The van der Waals surface area contributed by atoms with Gasteiger partial charge in [-0.25, -0.2) is 4.39 Å². The van der Waals surface area contributed by atoms with Crippen LogP contribution < -0.4 is 0 Å². The third-order valence-corrected chi connectivity index (χ3v) is 3.17. The zero-order chi connectivity index (χ0) is 12.3. The van der Waals surface area contributed by atoms with E-state index in [1.807, 2.05) is 6.07 Å². The van der Waals surface area contributed by atoms with E-state index >= 15 is 0 Å². The molecule has 0 atom stereocenters. The van der Waals surface area contributed by atoms with Gasteiger partial charge in [-0.1, -0.05) is 52.3 Å². The van der Waals surface area contributed by atoms with Gasteiger partial charge in [0.15, 0.2) is 5.78 Å². The monoisotopic (exact) mass is 292 g/mol. The molecule has 2 aromatic rings. The predicted molar refractivity (Wildman–Crippen MR) is 68.6 cm³/mol. The first-order valence-corrected chi connectivity index (χ1v) is 5.99. The maximum absolute atomic E-state index is 13.4. The summed E-state index contributed by atoms with van der Waals surface area (Å²) >= 11 is 3.31. The molecule has 0 saturated heterocycles. The smallest absolute Gasteiger partial charge is 0.168 e. The molecule has 17 heavy (non-hydrogen) atoms. The zero-order valence-electron chi connectivity index (χ0n) is 8.99. The van der Waals surface area contributed by atoms with E-state index in [2.05, 4.69) is 15.9 Å². The summed E-state index contributed by atoms with van der Waals surface area (Å²) in [5.74, 6) is -0.435.